The third-order valence-corrected chi connectivity index (χ3v) is 5.56. The number of aliphatic hydroxyl groups excluding tert-OH is 1. The zero-order valence-electron chi connectivity index (χ0n) is 20.2. The van der Waals surface area contributed by atoms with E-state index in [4.69, 9.17) is 14.2 Å². The molecule has 4 aromatic rings. The maximum atomic E-state index is 10.7. The number of phenolic OH excluding ortho intramolecular Hbond substituents is 1. The number of aliphatic hydroxyl groups is 1. The second-order valence-electron chi connectivity index (χ2n) is 8.21. The van der Waals surface area contributed by atoms with Crippen LogP contribution in [0.5, 0.6) is 23.0 Å². The summed E-state index contributed by atoms with van der Waals surface area (Å²) in [4.78, 5) is 0. The molecule has 0 radical (unpaired) electrons. The van der Waals surface area contributed by atoms with Crippen LogP contribution in [0.1, 0.15) is 35.3 Å². The molecule has 4 aromatic carbocycles. The predicted octanol–water partition coefficient (Wildman–Crippen LogP) is 6.70. The first-order valence-electron chi connectivity index (χ1n) is 11.9. The van der Waals surface area contributed by atoms with Gasteiger partial charge in [-0.25, -0.2) is 0 Å². The van der Waals surface area contributed by atoms with E-state index in [-0.39, 0.29) is 5.75 Å². The standard InChI is InChI=1S/C31H30O5/c1-2-34-26-16-17-28(30(33)19-26)29(32)18-14-25-13-15-27(35-21-23-9-5-3-6-10-23)20-31(25)36-22-24-11-7-4-8-12-24/h3-20,29,32-33H,2,21-22H2,1H3. The summed E-state index contributed by atoms with van der Waals surface area (Å²) in [6, 6.07) is 30.4. The van der Waals surface area contributed by atoms with E-state index in [1.54, 1.807) is 24.3 Å². The Hall–Kier alpha value is -4.22. The Morgan fingerprint density at radius 2 is 1.33 bits per heavy atom. The van der Waals surface area contributed by atoms with Gasteiger partial charge in [0.2, 0.25) is 0 Å². The van der Waals surface area contributed by atoms with Crippen molar-refractivity contribution in [3.8, 4) is 23.0 Å². The maximum Gasteiger partial charge on any atom is 0.130 e. The summed E-state index contributed by atoms with van der Waals surface area (Å²) in [5.74, 6) is 1.84. The van der Waals surface area contributed by atoms with Crippen molar-refractivity contribution in [2.45, 2.75) is 26.2 Å². The van der Waals surface area contributed by atoms with E-state index < -0.39 is 6.10 Å². The molecule has 0 aliphatic rings. The summed E-state index contributed by atoms with van der Waals surface area (Å²) in [6.07, 6.45) is 2.39. The Kier molecular flexibility index (Phi) is 8.62. The molecule has 184 valence electrons. The topological polar surface area (TPSA) is 68.2 Å². The molecular formula is C31H30O5. The first-order chi connectivity index (χ1) is 17.6. The van der Waals surface area contributed by atoms with Gasteiger partial charge < -0.3 is 24.4 Å². The van der Waals surface area contributed by atoms with Gasteiger partial charge in [0.1, 0.15) is 42.3 Å². The van der Waals surface area contributed by atoms with Crippen molar-refractivity contribution >= 4 is 6.08 Å². The molecule has 0 amide bonds. The molecule has 0 saturated carbocycles. The van der Waals surface area contributed by atoms with Gasteiger partial charge in [0.15, 0.2) is 0 Å². The zero-order chi connectivity index (χ0) is 25.2. The summed E-state index contributed by atoms with van der Waals surface area (Å²) < 4.78 is 17.5. The van der Waals surface area contributed by atoms with Gasteiger partial charge in [0, 0.05) is 23.3 Å². The van der Waals surface area contributed by atoms with Crippen molar-refractivity contribution < 1.29 is 24.4 Å². The van der Waals surface area contributed by atoms with E-state index in [0.717, 1.165) is 16.7 Å². The maximum absolute atomic E-state index is 10.7. The minimum Gasteiger partial charge on any atom is -0.507 e. The molecule has 0 aliphatic carbocycles. The highest BCUT2D eigenvalue weighted by atomic mass is 16.5. The monoisotopic (exact) mass is 482 g/mol. The zero-order valence-corrected chi connectivity index (χ0v) is 20.2. The molecule has 0 bridgehead atoms. The fraction of sp³-hybridized carbons (Fsp3) is 0.161. The quantitative estimate of drug-likeness (QED) is 0.249. The van der Waals surface area contributed by atoms with Crippen LogP contribution in [0.3, 0.4) is 0 Å². The number of hydrogen-bond acceptors (Lipinski definition) is 5. The molecule has 5 nitrogen and oxygen atoms in total. The summed E-state index contributed by atoms with van der Waals surface area (Å²) in [6.45, 7) is 3.21. The van der Waals surface area contributed by atoms with Crippen LogP contribution in [0, 0.1) is 0 Å². The number of phenols is 1. The molecular weight excluding hydrogens is 452 g/mol. The highest BCUT2D eigenvalue weighted by molar-refractivity contribution is 5.60. The van der Waals surface area contributed by atoms with Gasteiger partial charge in [0.05, 0.1) is 6.61 Å². The Balaban J connectivity index is 1.53. The van der Waals surface area contributed by atoms with Crippen LogP contribution < -0.4 is 14.2 Å². The van der Waals surface area contributed by atoms with Crippen molar-refractivity contribution in [1.82, 2.24) is 0 Å². The van der Waals surface area contributed by atoms with Gasteiger partial charge in [-0.3, -0.25) is 0 Å². The minimum absolute atomic E-state index is 0.0247. The van der Waals surface area contributed by atoms with Crippen LogP contribution in [0.2, 0.25) is 0 Å². The molecule has 5 heteroatoms. The van der Waals surface area contributed by atoms with Gasteiger partial charge in [-0.2, -0.15) is 0 Å². The molecule has 0 fully saturated rings. The fourth-order valence-corrected chi connectivity index (χ4v) is 3.67. The smallest absolute Gasteiger partial charge is 0.130 e. The third-order valence-electron chi connectivity index (χ3n) is 5.56. The number of benzene rings is 4. The Morgan fingerprint density at radius 3 is 1.97 bits per heavy atom. The first-order valence-corrected chi connectivity index (χ1v) is 11.9. The average molecular weight is 483 g/mol. The van der Waals surface area contributed by atoms with Crippen LogP contribution in [-0.4, -0.2) is 16.8 Å². The SMILES string of the molecule is CCOc1ccc(C(O)C=Cc2ccc(OCc3ccccc3)cc2OCc2ccccc2)c(O)c1. The Morgan fingerprint density at radius 1 is 0.722 bits per heavy atom. The van der Waals surface area contributed by atoms with Crippen LogP contribution in [0.25, 0.3) is 6.08 Å². The van der Waals surface area contributed by atoms with Crippen LogP contribution in [0.4, 0.5) is 0 Å². The normalized spacial score (nSPS) is 11.8. The lowest BCUT2D eigenvalue weighted by atomic mass is 10.1. The Bertz CT molecular complexity index is 1270. The summed E-state index contributed by atoms with van der Waals surface area (Å²) in [5.41, 5.74) is 3.29. The van der Waals surface area contributed by atoms with E-state index >= 15 is 0 Å². The van der Waals surface area contributed by atoms with Gasteiger partial charge in [-0.1, -0.05) is 72.8 Å². The third kappa shape index (κ3) is 6.90. The summed E-state index contributed by atoms with van der Waals surface area (Å²) in [7, 11) is 0. The van der Waals surface area contributed by atoms with Crippen LogP contribution in [0.15, 0.2) is 103 Å². The van der Waals surface area contributed by atoms with Gasteiger partial charge in [0.25, 0.3) is 0 Å². The van der Waals surface area contributed by atoms with Crippen LogP contribution in [-0.2, 0) is 13.2 Å². The van der Waals surface area contributed by atoms with E-state index in [1.165, 1.54) is 6.07 Å². The summed E-state index contributed by atoms with van der Waals surface area (Å²) in [5, 5.41) is 21.0. The largest absolute Gasteiger partial charge is 0.507 e. The number of hydrogen-bond donors (Lipinski definition) is 2. The molecule has 0 heterocycles. The molecule has 0 aliphatic heterocycles. The van der Waals surface area contributed by atoms with E-state index in [9.17, 15) is 10.2 Å². The van der Waals surface area contributed by atoms with Gasteiger partial charge >= 0.3 is 0 Å². The van der Waals surface area contributed by atoms with E-state index in [2.05, 4.69) is 0 Å². The lowest BCUT2D eigenvalue weighted by molar-refractivity contribution is 0.224. The molecule has 0 spiro atoms. The second-order valence-corrected chi connectivity index (χ2v) is 8.21. The average Bonchev–Trinajstić information content (AvgIpc) is 2.91. The van der Waals surface area contributed by atoms with Gasteiger partial charge in [-0.15, -0.1) is 0 Å². The number of aromatic hydroxyl groups is 1. The second kappa shape index (κ2) is 12.5. The molecule has 0 saturated heterocycles. The van der Waals surface area contributed by atoms with Crippen molar-refractivity contribution in [3.05, 3.63) is 125 Å². The molecule has 1 atom stereocenters. The number of ether oxygens (including phenoxy) is 3. The highest BCUT2D eigenvalue weighted by Gasteiger charge is 2.12. The molecule has 1 unspecified atom stereocenters. The van der Waals surface area contributed by atoms with E-state index in [1.807, 2.05) is 85.8 Å². The Labute approximate surface area is 211 Å². The predicted molar refractivity (Wildman–Crippen MR) is 141 cm³/mol. The van der Waals surface area contributed by atoms with Gasteiger partial charge in [-0.05, 0) is 42.3 Å². The lowest BCUT2D eigenvalue weighted by Gasteiger charge is -2.14. The van der Waals surface area contributed by atoms with Crippen molar-refractivity contribution in [2.75, 3.05) is 6.61 Å². The highest BCUT2D eigenvalue weighted by Crippen LogP contribution is 2.32. The molecule has 2 N–H and O–H groups in total. The van der Waals surface area contributed by atoms with Crippen LogP contribution >= 0.6 is 0 Å². The van der Waals surface area contributed by atoms with Crippen molar-refractivity contribution in [3.63, 3.8) is 0 Å². The molecule has 4 rings (SSSR count). The molecule has 36 heavy (non-hydrogen) atoms. The van der Waals surface area contributed by atoms with Crippen molar-refractivity contribution in [1.29, 1.82) is 0 Å². The lowest BCUT2D eigenvalue weighted by Crippen LogP contribution is -2.00. The minimum atomic E-state index is -1.00. The fourth-order valence-electron chi connectivity index (χ4n) is 3.67. The number of rotatable bonds is 11. The first kappa shape index (κ1) is 24.9. The van der Waals surface area contributed by atoms with E-state index in [0.29, 0.717) is 42.6 Å². The summed E-state index contributed by atoms with van der Waals surface area (Å²) >= 11 is 0. The molecule has 0 aromatic heterocycles. The van der Waals surface area contributed by atoms with Crippen molar-refractivity contribution in [2.24, 2.45) is 0 Å².